The molecule has 0 saturated carbocycles. The molecule has 73 heavy (non-hydrogen) atoms. The van der Waals surface area contributed by atoms with E-state index < -0.39 is 6.10 Å². The van der Waals surface area contributed by atoms with Gasteiger partial charge in [0.25, 0.3) is 0 Å². The predicted octanol–water partition coefficient (Wildman–Crippen LogP) is 21.6. The Kier molecular flexibility index (Phi) is 59.2. The maximum absolute atomic E-state index is 12.9. The van der Waals surface area contributed by atoms with Gasteiger partial charge in [-0.3, -0.25) is 14.4 Å². The van der Waals surface area contributed by atoms with Gasteiger partial charge in [0, 0.05) is 19.3 Å². The summed E-state index contributed by atoms with van der Waals surface area (Å²) >= 11 is 0. The van der Waals surface area contributed by atoms with Crippen molar-refractivity contribution in [2.75, 3.05) is 13.2 Å². The lowest BCUT2D eigenvalue weighted by molar-refractivity contribution is -0.167. The standard InChI is InChI=1S/C67H120O6/c1-4-7-10-13-16-19-22-25-28-31-32-33-34-37-39-42-45-48-51-54-57-60-66(69)72-63-64(73-67(70)61-58-55-52-49-46-43-40-36-30-27-24-21-18-15-12-9-6-3)62-71-65(68)59-56-53-50-47-44-41-38-35-29-26-23-20-17-14-11-8-5-2/h9,12,18,21,26-27,29-32,64H,4-8,10-11,13-17,19-20,22-25,28,33-63H2,1-3H3/b12-9-,21-18-,29-26-,30-27-,32-31-. The second-order valence-electron chi connectivity index (χ2n) is 21.3. The van der Waals surface area contributed by atoms with Gasteiger partial charge >= 0.3 is 17.9 Å². The lowest BCUT2D eigenvalue weighted by Gasteiger charge is -2.18. The fourth-order valence-corrected chi connectivity index (χ4v) is 9.21. The fraction of sp³-hybridized carbons (Fsp3) is 0.806. The number of carbonyl (C=O) groups is 3. The number of esters is 3. The molecule has 6 heteroatoms. The number of carbonyl (C=O) groups excluding carboxylic acids is 3. The first-order chi connectivity index (χ1) is 36.0. The van der Waals surface area contributed by atoms with Gasteiger partial charge in [0.2, 0.25) is 0 Å². The van der Waals surface area contributed by atoms with Crippen molar-refractivity contribution in [1.29, 1.82) is 0 Å². The molecule has 0 aliphatic rings. The molecule has 1 atom stereocenters. The summed E-state index contributed by atoms with van der Waals surface area (Å²) in [6, 6.07) is 0. The topological polar surface area (TPSA) is 78.9 Å². The number of allylic oxidation sites excluding steroid dienone is 10. The summed E-state index contributed by atoms with van der Waals surface area (Å²) < 4.78 is 16.9. The van der Waals surface area contributed by atoms with Crippen LogP contribution in [0, 0.1) is 0 Å². The monoisotopic (exact) mass is 1020 g/mol. The quantitative estimate of drug-likeness (QED) is 0.0261. The maximum Gasteiger partial charge on any atom is 0.306 e. The van der Waals surface area contributed by atoms with E-state index in [1.165, 1.54) is 205 Å². The molecule has 0 aromatic rings. The van der Waals surface area contributed by atoms with Crippen LogP contribution in [0.3, 0.4) is 0 Å². The van der Waals surface area contributed by atoms with E-state index in [1.807, 2.05) is 0 Å². The van der Waals surface area contributed by atoms with Crippen molar-refractivity contribution in [2.24, 2.45) is 0 Å². The van der Waals surface area contributed by atoms with E-state index in [0.29, 0.717) is 19.3 Å². The summed E-state index contributed by atoms with van der Waals surface area (Å²) in [5.41, 5.74) is 0. The minimum Gasteiger partial charge on any atom is -0.462 e. The van der Waals surface area contributed by atoms with Crippen LogP contribution >= 0.6 is 0 Å². The van der Waals surface area contributed by atoms with Crippen molar-refractivity contribution in [1.82, 2.24) is 0 Å². The highest BCUT2D eigenvalue weighted by molar-refractivity contribution is 5.71. The summed E-state index contributed by atoms with van der Waals surface area (Å²) in [7, 11) is 0. The van der Waals surface area contributed by atoms with Gasteiger partial charge in [0.05, 0.1) is 0 Å². The third kappa shape index (κ3) is 59.9. The highest BCUT2D eigenvalue weighted by Crippen LogP contribution is 2.16. The second-order valence-corrected chi connectivity index (χ2v) is 21.3. The third-order valence-corrected chi connectivity index (χ3v) is 14.0. The molecule has 0 aliphatic carbocycles. The number of ether oxygens (including phenoxy) is 3. The van der Waals surface area contributed by atoms with E-state index in [2.05, 4.69) is 81.5 Å². The molecule has 0 fully saturated rings. The highest BCUT2D eigenvalue weighted by atomic mass is 16.6. The Morgan fingerprint density at radius 2 is 0.534 bits per heavy atom. The predicted molar refractivity (Wildman–Crippen MR) is 316 cm³/mol. The maximum atomic E-state index is 12.9. The van der Waals surface area contributed by atoms with E-state index >= 15 is 0 Å². The van der Waals surface area contributed by atoms with Gasteiger partial charge in [-0.2, -0.15) is 0 Å². The van der Waals surface area contributed by atoms with Gasteiger partial charge in [-0.05, 0) is 103 Å². The summed E-state index contributed by atoms with van der Waals surface area (Å²) in [4.78, 5) is 38.3. The largest absolute Gasteiger partial charge is 0.462 e. The lowest BCUT2D eigenvalue weighted by atomic mass is 10.1. The zero-order valence-corrected chi connectivity index (χ0v) is 48.7. The van der Waals surface area contributed by atoms with Crippen molar-refractivity contribution in [3.63, 3.8) is 0 Å². The SMILES string of the molecule is CC/C=C\C/C=C\C/C=C\CCCCCCCCCC(=O)OC(COC(=O)CCCCCCCCC/C=C\CCCCCCCC)COC(=O)CCCCCCCCCCC/C=C\CCCCCCCCCC. The molecule has 0 aromatic heterocycles. The van der Waals surface area contributed by atoms with E-state index in [4.69, 9.17) is 14.2 Å². The zero-order valence-electron chi connectivity index (χ0n) is 48.7. The number of rotatable bonds is 58. The average Bonchev–Trinajstić information content (AvgIpc) is 3.39. The summed E-state index contributed by atoms with van der Waals surface area (Å²) in [5.74, 6) is -0.879. The smallest absolute Gasteiger partial charge is 0.306 e. The Morgan fingerprint density at radius 1 is 0.288 bits per heavy atom. The van der Waals surface area contributed by atoms with Crippen LogP contribution in [0.25, 0.3) is 0 Å². The molecule has 1 unspecified atom stereocenters. The molecule has 0 N–H and O–H groups in total. The van der Waals surface area contributed by atoms with Gasteiger partial charge in [-0.15, -0.1) is 0 Å². The van der Waals surface area contributed by atoms with Crippen LogP contribution in [-0.4, -0.2) is 37.2 Å². The Balaban J connectivity index is 4.36. The first-order valence-electron chi connectivity index (χ1n) is 31.8. The Bertz CT molecular complexity index is 1310. The van der Waals surface area contributed by atoms with Gasteiger partial charge < -0.3 is 14.2 Å². The van der Waals surface area contributed by atoms with Crippen molar-refractivity contribution >= 4 is 17.9 Å². The highest BCUT2D eigenvalue weighted by Gasteiger charge is 2.19. The zero-order chi connectivity index (χ0) is 52.9. The molecule has 0 spiro atoms. The Hall–Kier alpha value is -2.89. The minimum atomic E-state index is -0.783. The summed E-state index contributed by atoms with van der Waals surface area (Å²) in [5, 5.41) is 0. The van der Waals surface area contributed by atoms with Gasteiger partial charge in [-0.25, -0.2) is 0 Å². The molecule has 0 bridgehead atoms. The molecule has 0 aromatic carbocycles. The van der Waals surface area contributed by atoms with Crippen LogP contribution < -0.4 is 0 Å². The first kappa shape index (κ1) is 70.1. The van der Waals surface area contributed by atoms with Crippen molar-refractivity contribution in [3.8, 4) is 0 Å². The fourth-order valence-electron chi connectivity index (χ4n) is 9.21. The molecular formula is C67H120O6. The van der Waals surface area contributed by atoms with Gasteiger partial charge in [0.1, 0.15) is 13.2 Å². The van der Waals surface area contributed by atoms with Gasteiger partial charge in [-0.1, -0.05) is 268 Å². The normalized spacial score (nSPS) is 12.4. The van der Waals surface area contributed by atoms with Crippen LogP contribution in [0.15, 0.2) is 60.8 Å². The number of hydrogen-bond acceptors (Lipinski definition) is 6. The van der Waals surface area contributed by atoms with Crippen LogP contribution in [0.1, 0.15) is 329 Å². The second kappa shape index (κ2) is 61.7. The molecule has 0 aliphatic heterocycles. The third-order valence-electron chi connectivity index (χ3n) is 14.0. The molecule has 0 rings (SSSR count). The van der Waals surface area contributed by atoms with Crippen LogP contribution in [0.5, 0.6) is 0 Å². The minimum absolute atomic E-state index is 0.0790. The molecule has 6 nitrogen and oxygen atoms in total. The van der Waals surface area contributed by atoms with Crippen LogP contribution in [-0.2, 0) is 28.6 Å². The molecule has 0 amide bonds. The summed E-state index contributed by atoms with van der Waals surface area (Å²) in [6.07, 6.45) is 77.9. The summed E-state index contributed by atoms with van der Waals surface area (Å²) in [6.45, 7) is 6.56. The first-order valence-corrected chi connectivity index (χ1v) is 31.8. The van der Waals surface area contributed by atoms with E-state index in [9.17, 15) is 14.4 Å². The number of hydrogen-bond donors (Lipinski definition) is 0. The van der Waals surface area contributed by atoms with Crippen LogP contribution in [0.4, 0.5) is 0 Å². The molecule has 0 saturated heterocycles. The van der Waals surface area contributed by atoms with E-state index in [0.717, 1.165) is 83.5 Å². The van der Waals surface area contributed by atoms with Crippen molar-refractivity contribution in [2.45, 2.75) is 335 Å². The Morgan fingerprint density at radius 3 is 0.849 bits per heavy atom. The van der Waals surface area contributed by atoms with E-state index in [-0.39, 0.29) is 31.1 Å². The van der Waals surface area contributed by atoms with Crippen molar-refractivity contribution < 1.29 is 28.6 Å². The lowest BCUT2D eigenvalue weighted by Crippen LogP contribution is -2.30. The van der Waals surface area contributed by atoms with Crippen molar-refractivity contribution in [3.05, 3.63) is 60.8 Å². The average molecular weight is 1020 g/mol. The number of unbranched alkanes of at least 4 members (excludes halogenated alkanes) is 37. The molecule has 0 heterocycles. The van der Waals surface area contributed by atoms with E-state index in [1.54, 1.807) is 0 Å². The molecule has 424 valence electrons. The van der Waals surface area contributed by atoms with Gasteiger partial charge in [0.15, 0.2) is 6.10 Å². The van der Waals surface area contributed by atoms with Crippen LogP contribution in [0.2, 0.25) is 0 Å². The Labute approximate surface area is 453 Å². The molecular weight excluding hydrogens is 901 g/mol. The molecule has 0 radical (unpaired) electrons.